The number of aromatic nitrogens is 1. The molecule has 12 aromatic rings. The number of amidine groups is 2. The molecule has 0 fully saturated rings. The molecule has 3 heterocycles. The van der Waals surface area contributed by atoms with Crippen LogP contribution in [0.5, 0.6) is 0 Å². The van der Waals surface area contributed by atoms with Crippen molar-refractivity contribution in [3.05, 3.63) is 199 Å². The normalized spacial score (nSPS) is 12.5. The van der Waals surface area contributed by atoms with Crippen LogP contribution in [0.2, 0.25) is 0 Å². The Morgan fingerprint density at radius 2 is 1.17 bits per heavy atom. The molecular formula is C53H32N4OS. The molecule has 276 valence electrons. The van der Waals surface area contributed by atoms with Gasteiger partial charge in [-0.25, -0.2) is 9.98 Å². The molecule has 0 bridgehead atoms. The summed E-state index contributed by atoms with van der Waals surface area (Å²) >= 11 is 1.80. The molecule has 9 aromatic carbocycles. The number of para-hydroxylation sites is 1. The van der Waals surface area contributed by atoms with Gasteiger partial charge in [0.05, 0.1) is 16.7 Å². The van der Waals surface area contributed by atoms with E-state index in [0.717, 1.165) is 33.1 Å². The summed E-state index contributed by atoms with van der Waals surface area (Å²) in [6.45, 7) is 0. The number of nitrogens with one attached hydrogen (secondary N) is 1. The number of benzene rings is 9. The van der Waals surface area contributed by atoms with Gasteiger partial charge in [-0.1, -0.05) is 133 Å². The predicted molar refractivity (Wildman–Crippen MR) is 250 cm³/mol. The van der Waals surface area contributed by atoms with Gasteiger partial charge in [0.1, 0.15) is 11.2 Å². The summed E-state index contributed by atoms with van der Waals surface area (Å²) in [4.78, 5) is 9.70. The first-order chi connectivity index (χ1) is 29.2. The highest BCUT2D eigenvalue weighted by atomic mass is 32.1. The van der Waals surface area contributed by atoms with Crippen LogP contribution < -0.4 is 0 Å². The first-order valence-electron chi connectivity index (χ1n) is 19.6. The van der Waals surface area contributed by atoms with E-state index in [1.54, 1.807) is 11.3 Å². The van der Waals surface area contributed by atoms with Gasteiger partial charge in [-0.15, -0.1) is 11.3 Å². The fourth-order valence-corrected chi connectivity index (χ4v) is 10.0. The first kappa shape index (κ1) is 33.5. The lowest BCUT2D eigenvalue weighted by Gasteiger charge is -2.11. The highest BCUT2D eigenvalue weighted by Crippen LogP contribution is 2.44. The van der Waals surface area contributed by atoms with E-state index in [9.17, 15) is 0 Å². The van der Waals surface area contributed by atoms with Crippen molar-refractivity contribution in [1.82, 2.24) is 4.57 Å². The number of hydrogen-bond acceptors (Lipinski definition) is 3. The van der Waals surface area contributed by atoms with Crippen molar-refractivity contribution in [3.8, 4) is 5.69 Å². The number of fused-ring (bicyclic) bond motifs is 13. The van der Waals surface area contributed by atoms with Crippen LogP contribution in [0.1, 0.15) is 16.7 Å². The van der Waals surface area contributed by atoms with Crippen molar-refractivity contribution in [2.24, 2.45) is 9.98 Å². The average molecular weight is 773 g/mol. The Morgan fingerprint density at radius 3 is 1.93 bits per heavy atom. The molecule has 5 nitrogen and oxygen atoms in total. The van der Waals surface area contributed by atoms with E-state index >= 15 is 0 Å². The Morgan fingerprint density at radius 1 is 0.508 bits per heavy atom. The topological polar surface area (TPSA) is 66.6 Å². The number of rotatable bonds is 4. The van der Waals surface area contributed by atoms with E-state index in [2.05, 4.69) is 120 Å². The molecule has 0 spiro atoms. The lowest BCUT2D eigenvalue weighted by Crippen LogP contribution is -2.04. The third kappa shape index (κ3) is 5.34. The minimum absolute atomic E-state index is 0.113. The molecule has 0 aliphatic heterocycles. The van der Waals surface area contributed by atoms with Gasteiger partial charge in [0.25, 0.3) is 0 Å². The van der Waals surface area contributed by atoms with Crippen molar-refractivity contribution >= 4 is 115 Å². The fraction of sp³-hybridized carbons (Fsp3) is 0. The molecule has 3 aromatic heterocycles. The van der Waals surface area contributed by atoms with Crippen molar-refractivity contribution in [2.75, 3.05) is 0 Å². The van der Waals surface area contributed by atoms with Crippen molar-refractivity contribution in [1.29, 1.82) is 5.41 Å². The van der Waals surface area contributed by atoms with Gasteiger partial charge in [-0.05, 0) is 75.6 Å². The largest absolute Gasteiger partial charge is 0.456 e. The van der Waals surface area contributed by atoms with Gasteiger partial charge in [0, 0.05) is 59.1 Å². The van der Waals surface area contributed by atoms with E-state index in [1.807, 2.05) is 72.9 Å². The predicted octanol–water partition coefficient (Wildman–Crippen LogP) is 14.2. The van der Waals surface area contributed by atoms with Crippen LogP contribution in [0.15, 0.2) is 196 Å². The maximum Gasteiger partial charge on any atom is 0.161 e. The number of furan rings is 1. The van der Waals surface area contributed by atoms with Crippen LogP contribution in [0.25, 0.3) is 91.1 Å². The van der Waals surface area contributed by atoms with Crippen molar-refractivity contribution in [2.45, 2.75) is 0 Å². The van der Waals surface area contributed by atoms with Crippen LogP contribution in [0, 0.1) is 5.41 Å². The molecule has 0 amide bonds. The first-order valence-corrected chi connectivity index (χ1v) is 20.5. The second-order valence-electron chi connectivity index (χ2n) is 14.9. The van der Waals surface area contributed by atoms with Crippen LogP contribution in [0.3, 0.4) is 0 Å². The lowest BCUT2D eigenvalue weighted by molar-refractivity contribution is 0.669. The molecule has 0 saturated heterocycles. The molecule has 0 radical (unpaired) electrons. The van der Waals surface area contributed by atoms with Gasteiger partial charge < -0.3 is 8.98 Å². The fourth-order valence-electron chi connectivity index (χ4n) is 8.83. The van der Waals surface area contributed by atoms with Crippen LogP contribution >= 0.6 is 11.3 Å². The Bertz CT molecular complexity index is 3660. The maximum atomic E-state index is 9.03. The Labute approximate surface area is 341 Å². The zero-order chi connectivity index (χ0) is 39.0. The quantitative estimate of drug-likeness (QED) is 0.140. The minimum Gasteiger partial charge on any atom is -0.456 e. The van der Waals surface area contributed by atoms with E-state index in [1.165, 1.54) is 69.2 Å². The average Bonchev–Trinajstić information content (AvgIpc) is 3.97. The zero-order valence-electron chi connectivity index (χ0n) is 31.6. The molecule has 12 rings (SSSR count). The molecule has 0 saturated carbocycles. The number of nitrogens with zero attached hydrogens (tertiary/aromatic N) is 3. The summed E-state index contributed by atoms with van der Waals surface area (Å²) < 4.78 is 11.0. The summed E-state index contributed by atoms with van der Waals surface area (Å²) in [5.74, 6) is 0.576. The summed E-state index contributed by atoms with van der Waals surface area (Å²) in [6.07, 6.45) is 1.86. The van der Waals surface area contributed by atoms with Gasteiger partial charge in [0.2, 0.25) is 0 Å². The highest BCUT2D eigenvalue weighted by molar-refractivity contribution is 7.26. The van der Waals surface area contributed by atoms with Gasteiger partial charge in [-0.2, -0.15) is 0 Å². The van der Waals surface area contributed by atoms with Crippen molar-refractivity contribution < 1.29 is 4.42 Å². The van der Waals surface area contributed by atoms with Crippen LogP contribution in [0.4, 0.5) is 0 Å². The zero-order valence-corrected chi connectivity index (χ0v) is 32.4. The molecule has 0 unspecified atom stereocenters. The van der Waals surface area contributed by atoms with Crippen LogP contribution in [-0.4, -0.2) is 22.5 Å². The van der Waals surface area contributed by atoms with Crippen LogP contribution in [-0.2, 0) is 0 Å². The van der Waals surface area contributed by atoms with Gasteiger partial charge in [0.15, 0.2) is 11.7 Å². The SMILES string of the molecule is N=C(/N=C(\N=C\c1ccc2c(c1)sc1cccc(-n3c4ccc5ccccc5c4c4c5ccccc5ccc43)c12)c1ccccc1)c1ccc2c(c1)oc1ccccc12. The number of thiophene rings is 1. The van der Waals surface area contributed by atoms with E-state index in [0.29, 0.717) is 11.4 Å². The third-order valence-corrected chi connectivity index (χ3v) is 12.6. The Hall–Kier alpha value is -7.67. The van der Waals surface area contributed by atoms with E-state index in [4.69, 9.17) is 19.8 Å². The highest BCUT2D eigenvalue weighted by Gasteiger charge is 2.20. The minimum atomic E-state index is 0.113. The smallest absolute Gasteiger partial charge is 0.161 e. The maximum absolute atomic E-state index is 9.03. The number of aliphatic imine (C=N–C) groups is 2. The summed E-state index contributed by atoms with van der Waals surface area (Å²) in [6, 6.07) is 63.4. The molecule has 1 N–H and O–H groups in total. The monoisotopic (exact) mass is 772 g/mol. The standard InChI is InChI=1S/C53H32N4OS/c54-52(36-22-26-40-39-17-8-9-19-45(39)58-46(40)30-36)56-53(35-13-2-1-3-14-35)55-31-32-21-25-41-48(29-32)59-47-20-10-18-42(49(41)47)57-43-27-23-33-11-4-6-15-37(33)50(43)51-38-16-7-5-12-34(38)24-28-44(51)57/h1-31,54H/b54-52?,55-31+,56-53-. The van der Waals surface area contributed by atoms with Gasteiger partial charge in [-0.3, -0.25) is 5.41 Å². The summed E-state index contributed by atoms with van der Waals surface area (Å²) in [5, 5.41) is 21.1. The summed E-state index contributed by atoms with van der Waals surface area (Å²) in [7, 11) is 0. The molecule has 6 heteroatoms. The Kier molecular flexibility index (Phi) is 7.49. The lowest BCUT2D eigenvalue weighted by atomic mass is 10.00. The molecular weight excluding hydrogens is 741 g/mol. The second kappa shape index (κ2) is 13.2. The van der Waals surface area contributed by atoms with Gasteiger partial charge >= 0.3 is 0 Å². The second-order valence-corrected chi connectivity index (χ2v) is 16.0. The Balaban J connectivity index is 0.972. The summed E-state index contributed by atoms with van der Waals surface area (Å²) in [5.41, 5.74) is 7.56. The third-order valence-electron chi connectivity index (χ3n) is 11.5. The van der Waals surface area contributed by atoms with E-state index in [-0.39, 0.29) is 5.84 Å². The molecule has 0 aliphatic rings. The number of hydrogen-bond donors (Lipinski definition) is 1. The van der Waals surface area contributed by atoms with E-state index < -0.39 is 0 Å². The molecule has 0 aliphatic carbocycles. The van der Waals surface area contributed by atoms with Crippen molar-refractivity contribution in [3.63, 3.8) is 0 Å². The molecule has 59 heavy (non-hydrogen) atoms. The molecule has 0 atom stereocenters.